The van der Waals surface area contributed by atoms with Crippen molar-refractivity contribution in [3.8, 4) is 0 Å². The van der Waals surface area contributed by atoms with Gasteiger partial charge in [-0.3, -0.25) is 13.9 Å². The maximum atomic E-state index is 12.0. The normalized spacial score (nSPS) is 10.8. The fourth-order valence-corrected chi connectivity index (χ4v) is 1.80. The number of aryl methyl sites for hydroxylation is 1. The molecule has 0 aliphatic carbocycles. The second-order valence-corrected chi connectivity index (χ2v) is 3.85. The Morgan fingerprint density at radius 3 is 2.78 bits per heavy atom. The first-order chi connectivity index (χ1) is 8.57. The second kappa shape index (κ2) is 4.52. The number of aromatic nitrogens is 4. The first-order valence-electron chi connectivity index (χ1n) is 5.41. The van der Waals surface area contributed by atoms with Gasteiger partial charge in [-0.05, 0) is 0 Å². The third kappa shape index (κ3) is 1.73. The van der Waals surface area contributed by atoms with Crippen LogP contribution in [0.15, 0.2) is 28.8 Å². The summed E-state index contributed by atoms with van der Waals surface area (Å²) < 4.78 is 9.10. The molecular weight excluding hydrogens is 236 g/mol. The van der Waals surface area contributed by atoms with Crippen molar-refractivity contribution < 1.29 is 4.74 Å². The number of imidazole rings is 1. The zero-order chi connectivity index (χ0) is 13.3. The van der Waals surface area contributed by atoms with Gasteiger partial charge in [-0.25, -0.2) is 9.78 Å². The minimum atomic E-state index is -0.389. The number of fused-ring (bicyclic) bond motifs is 1. The lowest BCUT2D eigenvalue weighted by atomic mass is 10.5. The van der Waals surface area contributed by atoms with E-state index in [0.29, 0.717) is 24.3 Å². The van der Waals surface area contributed by atoms with Crippen LogP contribution in [-0.2, 0) is 25.4 Å². The standard InChI is InChI=1S/C11H14N4O3/c1-4-18-6-5-15-7-12-9-8(15)10(16)14(3)11(17)13(9)2/h4,7H,1,5-6H2,2-3H3. The molecule has 0 N–H and O–H groups in total. The van der Waals surface area contributed by atoms with Gasteiger partial charge in [0, 0.05) is 14.1 Å². The Morgan fingerprint density at radius 1 is 1.39 bits per heavy atom. The third-order valence-electron chi connectivity index (χ3n) is 2.79. The Morgan fingerprint density at radius 2 is 2.11 bits per heavy atom. The van der Waals surface area contributed by atoms with E-state index in [9.17, 15) is 9.59 Å². The highest BCUT2D eigenvalue weighted by molar-refractivity contribution is 5.69. The van der Waals surface area contributed by atoms with Gasteiger partial charge < -0.3 is 9.30 Å². The summed E-state index contributed by atoms with van der Waals surface area (Å²) in [6.45, 7) is 4.30. The van der Waals surface area contributed by atoms with Crippen LogP contribution in [0.1, 0.15) is 0 Å². The van der Waals surface area contributed by atoms with Gasteiger partial charge in [0.25, 0.3) is 5.56 Å². The van der Waals surface area contributed by atoms with Crippen molar-refractivity contribution in [3.05, 3.63) is 40.0 Å². The average molecular weight is 250 g/mol. The van der Waals surface area contributed by atoms with E-state index in [-0.39, 0.29) is 11.2 Å². The molecule has 0 atom stereocenters. The molecule has 0 unspecified atom stereocenters. The summed E-state index contributed by atoms with van der Waals surface area (Å²) in [7, 11) is 3.03. The van der Waals surface area contributed by atoms with E-state index in [1.807, 2.05) is 0 Å². The first kappa shape index (κ1) is 12.2. The van der Waals surface area contributed by atoms with Crippen LogP contribution < -0.4 is 11.2 Å². The summed E-state index contributed by atoms with van der Waals surface area (Å²) >= 11 is 0. The quantitative estimate of drug-likeness (QED) is 0.546. The zero-order valence-electron chi connectivity index (χ0n) is 10.3. The van der Waals surface area contributed by atoms with Crippen LogP contribution in [0, 0.1) is 0 Å². The number of hydrogen-bond acceptors (Lipinski definition) is 4. The molecule has 0 aliphatic heterocycles. The predicted molar refractivity (Wildman–Crippen MR) is 66.4 cm³/mol. The Balaban J connectivity index is 2.62. The van der Waals surface area contributed by atoms with Crippen LogP contribution in [0.4, 0.5) is 0 Å². The molecule has 0 saturated heterocycles. The largest absolute Gasteiger partial charge is 0.500 e. The molecule has 0 amide bonds. The Labute approximate surface area is 103 Å². The van der Waals surface area contributed by atoms with Gasteiger partial charge in [-0.1, -0.05) is 6.58 Å². The minimum absolute atomic E-state index is 0.357. The van der Waals surface area contributed by atoms with Gasteiger partial charge in [0.05, 0.1) is 19.1 Å². The fourth-order valence-electron chi connectivity index (χ4n) is 1.80. The molecule has 2 rings (SSSR count). The molecule has 2 aromatic heterocycles. The number of nitrogens with zero attached hydrogens (tertiary/aromatic N) is 4. The maximum absolute atomic E-state index is 12.0. The van der Waals surface area contributed by atoms with E-state index in [0.717, 1.165) is 4.57 Å². The van der Waals surface area contributed by atoms with Crippen LogP contribution >= 0.6 is 0 Å². The highest BCUT2D eigenvalue weighted by atomic mass is 16.5. The van der Waals surface area contributed by atoms with Crippen molar-refractivity contribution in [3.63, 3.8) is 0 Å². The number of rotatable bonds is 4. The van der Waals surface area contributed by atoms with Crippen molar-refractivity contribution >= 4 is 11.2 Å². The number of ether oxygens (including phenoxy) is 1. The van der Waals surface area contributed by atoms with Gasteiger partial charge in [0.2, 0.25) is 0 Å². The van der Waals surface area contributed by atoms with Gasteiger partial charge in [0.15, 0.2) is 11.2 Å². The molecule has 0 fully saturated rings. The zero-order valence-corrected chi connectivity index (χ0v) is 10.3. The highest BCUT2D eigenvalue weighted by Gasteiger charge is 2.13. The van der Waals surface area contributed by atoms with Crippen LogP contribution in [0.5, 0.6) is 0 Å². The third-order valence-corrected chi connectivity index (χ3v) is 2.79. The van der Waals surface area contributed by atoms with E-state index < -0.39 is 0 Å². The van der Waals surface area contributed by atoms with Gasteiger partial charge in [-0.2, -0.15) is 0 Å². The Hall–Kier alpha value is -2.31. The predicted octanol–water partition coefficient (Wildman–Crippen LogP) is -0.406. The molecule has 7 heteroatoms. The van der Waals surface area contributed by atoms with Gasteiger partial charge >= 0.3 is 5.69 Å². The van der Waals surface area contributed by atoms with E-state index in [4.69, 9.17) is 4.74 Å². The lowest BCUT2D eigenvalue weighted by Crippen LogP contribution is -2.37. The summed E-state index contributed by atoms with van der Waals surface area (Å²) in [5.74, 6) is 0. The molecule has 18 heavy (non-hydrogen) atoms. The van der Waals surface area contributed by atoms with E-state index >= 15 is 0 Å². The lowest BCUT2D eigenvalue weighted by Gasteiger charge is -2.06. The van der Waals surface area contributed by atoms with Crippen molar-refractivity contribution in [1.29, 1.82) is 0 Å². The van der Waals surface area contributed by atoms with Crippen LogP contribution in [0.2, 0.25) is 0 Å². The second-order valence-electron chi connectivity index (χ2n) is 3.85. The van der Waals surface area contributed by atoms with E-state index in [1.165, 1.54) is 24.2 Å². The fraction of sp³-hybridized carbons (Fsp3) is 0.364. The number of hydrogen-bond donors (Lipinski definition) is 0. The average Bonchev–Trinajstić information content (AvgIpc) is 2.78. The molecule has 7 nitrogen and oxygen atoms in total. The molecule has 0 aromatic carbocycles. The molecule has 0 spiro atoms. The monoisotopic (exact) mass is 250 g/mol. The maximum Gasteiger partial charge on any atom is 0.332 e. The Kier molecular flexibility index (Phi) is 3.05. The molecule has 0 bridgehead atoms. The smallest absolute Gasteiger partial charge is 0.332 e. The molecule has 2 heterocycles. The van der Waals surface area contributed by atoms with Gasteiger partial charge in [0.1, 0.15) is 6.61 Å². The summed E-state index contributed by atoms with van der Waals surface area (Å²) in [4.78, 5) is 27.8. The van der Waals surface area contributed by atoms with Gasteiger partial charge in [-0.15, -0.1) is 0 Å². The summed E-state index contributed by atoms with van der Waals surface area (Å²) in [6.07, 6.45) is 2.87. The summed E-state index contributed by atoms with van der Waals surface area (Å²) in [6, 6.07) is 0. The SMILES string of the molecule is C=COCCn1cnc2c1c(=O)n(C)c(=O)n2C. The summed E-state index contributed by atoms with van der Waals surface area (Å²) in [5, 5.41) is 0. The minimum Gasteiger partial charge on any atom is -0.500 e. The van der Waals surface area contributed by atoms with Crippen LogP contribution in [-0.4, -0.2) is 25.3 Å². The van der Waals surface area contributed by atoms with Crippen LogP contribution in [0.3, 0.4) is 0 Å². The molecule has 96 valence electrons. The Bertz CT molecular complexity index is 707. The van der Waals surface area contributed by atoms with Crippen molar-refractivity contribution in [2.45, 2.75) is 6.54 Å². The van der Waals surface area contributed by atoms with Crippen molar-refractivity contribution in [2.75, 3.05) is 6.61 Å². The van der Waals surface area contributed by atoms with Crippen molar-refractivity contribution in [2.24, 2.45) is 14.1 Å². The molecular formula is C11H14N4O3. The first-order valence-corrected chi connectivity index (χ1v) is 5.41. The molecule has 0 radical (unpaired) electrons. The topological polar surface area (TPSA) is 71.1 Å². The highest BCUT2D eigenvalue weighted by Crippen LogP contribution is 2.04. The molecule has 0 saturated carbocycles. The summed E-state index contributed by atoms with van der Waals surface area (Å²) in [5.41, 5.74) is 0.0262. The van der Waals surface area contributed by atoms with E-state index in [1.54, 1.807) is 11.6 Å². The van der Waals surface area contributed by atoms with Crippen LogP contribution in [0.25, 0.3) is 11.2 Å². The molecule has 0 aliphatic rings. The lowest BCUT2D eigenvalue weighted by molar-refractivity contribution is 0.237. The molecule has 2 aromatic rings. The van der Waals surface area contributed by atoms with E-state index in [2.05, 4.69) is 11.6 Å². The van der Waals surface area contributed by atoms with Crippen molar-refractivity contribution in [1.82, 2.24) is 18.7 Å².